The summed E-state index contributed by atoms with van der Waals surface area (Å²) >= 11 is 4.09. The van der Waals surface area contributed by atoms with Crippen molar-refractivity contribution in [1.29, 1.82) is 48.7 Å². The molecule has 13 amide bonds. The maximum absolute atomic E-state index is 15.0. The summed E-state index contributed by atoms with van der Waals surface area (Å²) in [5.41, 5.74) is 55.4. The van der Waals surface area contributed by atoms with Crippen LogP contribution in [0.25, 0.3) is 0 Å². The third kappa shape index (κ3) is 51.0. The molecule has 0 aromatic rings. The molecule has 0 aliphatic heterocycles. The fourth-order valence-corrected chi connectivity index (χ4v) is 11.2. The van der Waals surface area contributed by atoms with Crippen LogP contribution >= 0.6 is 12.6 Å². The highest BCUT2D eigenvalue weighted by Gasteiger charge is 2.37. The maximum atomic E-state index is 15.0. The highest BCUT2D eigenvalue weighted by atomic mass is 32.1. The Bertz CT molecular complexity index is 3410. The summed E-state index contributed by atoms with van der Waals surface area (Å²) in [5, 5.41) is 120. The molecule has 11 atom stereocenters. The van der Waals surface area contributed by atoms with Gasteiger partial charge in [0, 0.05) is 71.5 Å². The molecule has 0 heterocycles. The summed E-state index contributed by atoms with van der Waals surface area (Å²) in [7, 11) is 0. The molecule has 49 N–H and O–H groups in total. The first-order chi connectivity index (χ1) is 55.6. The van der Waals surface area contributed by atoms with Crippen LogP contribution in [0, 0.1) is 48.7 Å². The van der Waals surface area contributed by atoms with Gasteiger partial charge in [0.15, 0.2) is 47.7 Å². The van der Waals surface area contributed by atoms with Crippen LogP contribution in [0.4, 0.5) is 0 Å². The normalized spacial score (nSPS) is 13.4. The first-order valence-corrected chi connectivity index (χ1v) is 38.6. The molecule has 52 nitrogen and oxygen atoms in total. The summed E-state index contributed by atoms with van der Waals surface area (Å²) in [6.45, 7) is 1.66. The van der Waals surface area contributed by atoms with E-state index in [1.165, 1.54) is 13.8 Å². The predicted octanol–water partition coefficient (Wildman–Crippen LogP) is -12.5. The third-order valence-electron chi connectivity index (χ3n) is 16.9. The molecule has 0 aliphatic rings. The Morgan fingerprint density at radius 1 is 0.263 bits per heavy atom. The van der Waals surface area contributed by atoms with Gasteiger partial charge in [-0.2, -0.15) is 12.6 Å². The summed E-state index contributed by atoms with van der Waals surface area (Å²) in [6, 6.07) is -16.4. The number of amidine groups is 1. The van der Waals surface area contributed by atoms with Crippen LogP contribution < -0.4 is 164 Å². The zero-order valence-corrected chi connectivity index (χ0v) is 67.5. The fourth-order valence-electron chi connectivity index (χ4n) is 10.9. The topological polar surface area (TPSA) is 937 Å². The number of primary amides is 1. The Morgan fingerprint density at radius 3 is 0.636 bits per heavy atom. The van der Waals surface area contributed by atoms with Gasteiger partial charge in [0.25, 0.3) is 0 Å². The number of amides is 13. The molecule has 0 bridgehead atoms. The van der Waals surface area contributed by atoms with Crippen LogP contribution in [0.3, 0.4) is 0 Å². The minimum Gasteiger partial charge on any atom is -0.388 e. The highest BCUT2D eigenvalue weighted by Crippen LogP contribution is 2.13. The van der Waals surface area contributed by atoms with Crippen LogP contribution in [-0.2, 0) is 62.3 Å². The Balaban J connectivity index is 8.07. The number of carbonyl (C=O) groups excluding carboxylic acids is 13. The zero-order valence-electron chi connectivity index (χ0n) is 66.6. The van der Waals surface area contributed by atoms with Crippen LogP contribution in [0.2, 0.25) is 0 Å². The average Bonchev–Trinajstić information content (AvgIpc) is 0.857. The molecule has 0 aromatic carbocycles. The van der Waals surface area contributed by atoms with E-state index in [0.29, 0.717) is 0 Å². The van der Waals surface area contributed by atoms with Crippen molar-refractivity contribution in [3.63, 3.8) is 0 Å². The second-order valence-corrected chi connectivity index (χ2v) is 27.4. The molecule has 0 saturated heterocycles. The predicted molar refractivity (Wildman–Crippen MR) is 442 cm³/mol. The van der Waals surface area contributed by atoms with Gasteiger partial charge < -0.3 is 164 Å². The van der Waals surface area contributed by atoms with Crippen molar-refractivity contribution >= 4 is 143 Å². The van der Waals surface area contributed by atoms with Crippen LogP contribution in [0.15, 0.2) is 0 Å². The lowest BCUT2D eigenvalue weighted by Gasteiger charge is -2.29. The van der Waals surface area contributed by atoms with Crippen molar-refractivity contribution in [1.82, 2.24) is 106 Å². The standard InChI is InChI=1S/C65H127N39O13S/c1-33(94-34(2)105)48(108)93-31-46(106)95-35(14-5-23-85-58(69)70)49(109)97-37(15-6-24-86-59(71)72)52(112)99-39(17-8-26-88-61(75)76)54(114)101-41(19-10-28-90-63(79)80)56(116)102-42(20-11-29-91-64(81)82)55(115)100-40(18-9-27-89-62(77)78)53(113)98-38(16-7-25-87-60(73)74)51(111)96-36(13-3-4-22-45(66)67)50(110)103-43(21-12-30-92-65(83)84)57(117)104-44(32-118)47(68)107/h33,35-44,118H,3-32H2,1-2H3,(H3,66,67)(H2,68,107)(H,93,108)(H,94,105)(H,95,106)(H,96,111)(H,97,109)(H,98,113)(H,99,112)(H,100,115)(H,101,114)(H,102,116)(H,103,110)(H,104,117)(H4,69,70,85)(H4,71,72,86)(H4,73,74,87)(H4,75,76,88)(H4,77,78,89)(H4,79,80,90)(H4,81,82,91)(H4,83,84,92)/t33-,35+,36+,37+,38+,39+,40+,41+,42+,43+,44+/m0/s1. The van der Waals surface area contributed by atoms with E-state index in [1.807, 2.05) is 0 Å². The van der Waals surface area contributed by atoms with Crippen molar-refractivity contribution in [2.24, 2.45) is 57.3 Å². The molecule has 0 rings (SSSR count). The fraction of sp³-hybridized carbons (Fsp3) is 0.662. The van der Waals surface area contributed by atoms with Gasteiger partial charge in [-0.3, -0.25) is 111 Å². The first kappa shape index (κ1) is 105. The van der Waals surface area contributed by atoms with E-state index in [9.17, 15) is 52.7 Å². The average molecular weight is 1700 g/mol. The quantitative estimate of drug-likeness (QED) is 0.0116. The minimum absolute atomic E-state index is 0.00670. The minimum atomic E-state index is -1.65. The van der Waals surface area contributed by atoms with E-state index >= 15 is 9.59 Å². The van der Waals surface area contributed by atoms with E-state index in [2.05, 4.69) is 119 Å². The lowest BCUT2D eigenvalue weighted by Crippen LogP contribution is -2.61. The zero-order chi connectivity index (χ0) is 89.4. The number of hydrogen-bond acceptors (Lipinski definition) is 23. The van der Waals surface area contributed by atoms with Crippen molar-refractivity contribution in [3.05, 3.63) is 0 Å². The SMILES string of the molecule is CC(=O)N[C@@H](C)C(=O)NCC(=O)N[C@H](CCCNC(=N)N)C(=O)N[C@H](CCCNC(=N)N)C(=O)N[C@H](CCCNC(=N)N)C(=O)N[C@H](CCCNC(=N)N)C(=O)N[C@H](CCCNC(=N)N)C(=O)N[C@H](CCCNC(=N)N)C(=O)N[C@H](CCCNC(=N)N)C(=O)N[C@H](CCCCC(=N)N)C(=O)N[C@H](CCCNC(=N)N)C(=O)N[C@H](CS)C(N)=O. The molecule has 53 heteroatoms. The second kappa shape index (κ2) is 59.7. The van der Waals surface area contributed by atoms with E-state index < -0.39 is 192 Å². The van der Waals surface area contributed by atoms with Gasteiger partial charge in [-0.15, -0.1) is 0 Å². The van der Waals surface area contributed by atoms with E-state index in [-0.39, 0.29) is 198 Å². The number of guanidine groups is 8. The lowest BCUT2D eigenvalue weighted by atomic mass is 10.0. The molecule has 0 fully saturated rings. The second-order valence-electron chi connectivity index (χ2n) is 27.0. The maximum Gasteiger partial charge on any atom is 0.243 e. The van der Waals surface area contributed by atoms with E-state index in [0.717, 1.165) is 0 Å². The lowest BCUT2D eigenvalue weighted by molar-refractivity contribution is -0.136. The Morgan fingerprint density at radius 2 is 0.458 bits per heavy atom. The van der Waals surface area contributed by atoms with Crippen molar-refractivity contribution in [2.45, 2.75) is 209 Å². The molecule has 118 heavy (non-hydrogen) atoms. The summed E-state index contributed by atoms with van der Waals surface area (Å²) in [6.07, 6.45) is -1.38. The number of nitrogens with one attached hydrogen (secondary N) is 29. The van der Waals surface area contributed by atoms with Gasteiger partial charge in [-0.25, -0.2) is 0 Å². The highest BCUT2D eigenvalue weighted by molar-refractivity contribution is 7.80. The molecule has 666 valence electrons. The van der Waals surface area contributed by atoms with Crippen LogP contribution in [0.1, 0.15) is 142 Å². The molecular formula is C65H127N39O13S. The van der Waals surface area contributed by atoms with Crippen molar-refractivity contribution < 1.29 is 62.3 Å². The van der Waals surface area contributed by atoms with Crippen LogP contribution in [0.5, 0.6) is 0 Å². The molecule has 0 spiro atoms. The Kier molecular flexibility index (Phi) is 53.2. The van der Waals surface area contributed by atoms with Gasteiger partial charge in [-0.05, 0) is 122 Å². The number of hydrogen-bond donors (Lipinski definition) is 40. The van der Waals surface area contributed by atoms with Gasteiger partial charge in [0.1, 0.15) is 66.5 Å². The first-order valence-electron chi connectivity index (χ1n) is 38.0. The number of rotatable bonds is 62. The number of nitrogens with two attached hydrogens (primary N) is 10. The number of thiol groups is 1. The molecular weight excluding hydrogens is 1570 g/mol. The van der Waals surface area contributed by atoms with Crippen LogP contribution in [-0.4, -0.2) is 261 Å². The van der Waals surface area contributed by atoms with Gasteiger partial charge >= 0.3 is 0 Å². The smallest absolute Gasteiger partial charge is 0.243 e. The van der Waals surface area contributed by atoms with E-state index in [4.69, 9.17) is 106 Å². The van der Waals surface area contributed by atoms with Gasteiger partial charge in [-0.1, -0.05) is 6.42 Å². The Labute approximate surface area is 688 Å². The molecule has 0 aromatic heterocycles. The number of carbonyl (C=O) groups is 13. The molecule has 0 aliphatic carbocycles. The monoisotopic (exact) mass is 1690 g/mol. The number of unbranched alkanes of at least 4 members (excludes halogenated alkanes) is 1. The summed E-state index contributed by atoms with van der Waals surface area (Å²) < 4.78 is 0. The molecule has 0 radical (unpaired) electrons. The van der Waals surface area contributed by atoms with Gasteiger partial charge in [0.2, 0.25) is 76.8 Å². The van der Waals surface area contributed by atoms with Crippen molar-refractivity contribution in [2.75, 3.05) is 64.7 Å². The molecule has 0 unspecified atom stereocenters. The van der Waals surface area contributed by atoms with E-state index in [1.54, 1.807) is 0 Å². The van der Waals surface area contributed by atoms with Crippen molar-refractivity contribution in [3.8, 4) is 0 Å². The molecule has 0 saturated carbocycles. The summed E-state index contributed by atoms with van der Waals surface area (Å²) in [5.74, 6) is -16.0. The third-order valence-corrected chi connectivity index (χ3v) is 17.2. The summed E-state index contributed by atoms with van der Waals surface area (Å²) in [4.78, 5) is 182. The van der Waals surface area contributed by atoms with Gasteiger partial charge in [0.05, 0.1) is 12.4 Å². The Hall–Kier alpha value is -12.9. The largest absolute Gasteiger partial charge is 0.388 e.